The average molecular weight is 314 g/mol. The van der Waals surface area contributed by atoms with Gasteiger partial charge in [-0.1, -0.05) is 0 Å². The number of rotatable bonds is 3. The normalized spacial score (nSPS) is 11.0. The maximum Gasteiger partial charge on any atom is 0.231 e. The molecule has 0 bridgehead atoms. The van der Waals surface area contributed by atoms with E-state index in [4.69, 9.17) is 13.9 Å². The van der Waals surface area contributed by atoms with E-state index in [9.17, 15) is 4.79 Å². The molecular formula is C17H18N2O4. The van der Waals surface area contributed by atoms with Crippen molar-refractivity contribution in [2.75, 3.05) is 33.2 Å². The quantitative estimate of drug-likeness (QED) is 0.693. The number of anilines is 1. The summed E-state index contributed by atoms with van der Waals surface area (Å²) in [7, 11) is 6.83. The van der Waals surface area contributed by atoms with Crippen molar-refractivity contribution < 1.29 is 13.9 Å². The minimum Gasteiger partial charge on any atom is -0.491 e. The van der Waals surface area contributed by atoms with Gasteiger partial charge in [0, 0.05) is 25.3 Å². The van der Waals surface area contributed by atoms with Crippen LogP contribution in [0.4, 0.5) is 5.69 Å². The highest BCUT2D eigenvalue weighted by Crippen LogP contribution is 2.39. The van der Waals surface area contributed by atoms with Crippen LogP contribution in [0.15, 0.2) is 27.4 Å². The maximum atomic E-state index is 12.4. The summed E-state index contributed by atoms with van der Waals surface area (Å²) in [4.78, 5) is 19.0. The summed E-state index contributed by atoms with van der Waals surface area (Å²) >= 11 is 0. The van der Waals surface area contributed by atoms with E-state index in [1.165, 1.54) is 14.2 Å². The van der Waals surface area contributed by atoms with E-state index in [1.807, 2.05) is 37.2 Å². The number of aromatic nitrogens is 1. The van der Waals surface area contributed by atoms with Gasteiger partial charge in [0.2, 0.25) is 11.2 Å². The largest absolute Gasteiger partial charge is 0.491 e. The zero-order valence-corrected chi connectivity index (χ0v) is 13.8. The Morgan fingerprint density at radius 3 is 2.43 bits per heavy atom. The molecule has 1 aliphatic carbocycles. The lowest BCUT2D eigenvalue weighted by atomic mass is 10.1. The van der Waals surface area contributed by atoms with Crippen LogP contribution in [0.5, 0.6) is 11.5 Å². The molecule has 1 aliphatic heterocycles. The molecule has 6 nitrogen and oxygen atoms in total. The second-order valence-corrected chi connectivity index (χ2v) is 5.46. The van der Waals surface area contributed by atoms with Gasteiger partial charge in [-0.25, -0.2) is 4.98 Å². The number of benzene rings is 2. The molecule has 1 heterocycles. The van der Waals surface area contributed by atoms with Crippen LogP contribution < -0.4 is 19.8 Å². The molecule has 0 fully saturated rings. The van der Waals surface area contributed by atoms with Gasteiger partial charge >= 0.3 is 0 Å². The Bertz CT molecular complexity index is 915. The van der Waals surface area contributed by atoms with E-state index < -0.39 is 0 Å². The highest BCUT2D eigenvalue weighted by Gasteiger charge is 2.26. The van der Waals surface area contributed by atoms with E-state index in [2.05, 4.69) is 4.98 Å². The number of hydrogen-bond acceptors (Lipinski definition) is 6. The summed E-state index contributed by atoms with van der Waals surface area (Å²) in [5, 5.41) is 0. The lowest BCUT2D eigenvalue weighted by Gasteiger charge is -2.17. The standard InChI is InChI=1S/C17H18N2O4/c1-9-14(20)17(22-5)16(21-4)13-15(9)23-12-7-6-10(19(2)3)8-11(12)18-13/h6-8H,1-5H3. The van der Waals surface area contributed by atoms with Crippen LogP contribution in [0, 0.1) is 6.92 Å². The molecule has 0 N–H and O–H groups in total. The zero-order valence-electron chi connectivity index (χ0n) is 13.8. The number of ether oxygens (including phenoxy) is 2. The van der Waals surface area contributed by atoms with Gasteiger partial charge in [0.05, 0.1) is 14.2 Å². The Kier molecular flexibility index (Phi) is 3.60. The summed E-state index contributed by atoms with van der Waals surface area (Å²) in [5.41, 5.74) is 2.96. The fourth-order valence-corrected chi connectivity index (χ4v) is 2.55. The molecule has 0 saturated carbocycles. The van der Waals surface area contributed by atoms with Crippen molar-refractivity contribution in [3.63, 3.8) is 0 Å². The highest BCUT2D eigenvalue weighted by molar-refractivity contribution is 5.83. The van der Waals surface area contributed by atoms with Crippen LogP contribution in [0.1, 0.15) is 5.56 Å². The first kappa shape index (κ1) is 15.1. The summed E-state index contributed by atoms with van der Waals surface area (Å²) in [6.45, 7) is 1.69. The number of nitrogens with zero attached hydrogens (tertiary/aromatic N) is 2. The van der Waals surface area contributed by atoms with Gasteiger partial charge in [0.25, 0.3) is 0 Å². The number of hydrogen-bond donors (Lipinski definition) is 0. The van der Waals surface area contributed by atoms with E-state index in [0.717, 1.165) is 5.69 Å². The second-order valence-electron chi connectivity index (χ2n) is 5.46. The van der Waals surface area contributed by atoms with Crippen molar-refractivity contribution in [3.05, 3.63) is 34.0 Å². The predicted molar refractivity (Wildman–Crippen MR) is 89.1 cm³/mol. The molecular weight excluding hydrogens is 296 g/mol. The van der Waals surface area contributed by atoms with Crippen molar-refractivity contribution in [1.29, 1.82) is 0 Å². The van der Waals surface area contributed by atoms with Gasteiger partial charge in [-0.15, -0.1) is 0 Å². The summed E-state index contributed by atoms with van der Waals surface area (Å²) in [5.74, 6) is 0.847. The summed E-state index contributed by atoms with van der Waals surface area (Å²) < 4.78 is 16.5. The fraction of sp³-hybridized carbons (Fsp3) is 0.294. The molecule has 0 unspecified atom stereocenters. The average Bonchev–Trinajstić information content (AvgIpc) is 2.55. The molecule has 3 rings (SSSR count). The first-order valence-electron chi connectivity index (χ1n) is 7.14. The third kappa shape index (κ3) is 2.27. The Morgan fingerprint density at radius 1 is 1.13 bits per heavy atom. The molecule has 0 amide bonds. The van der Waals surface area contributed by atoms with E-state index in [-0.39, 0.29) is 11.2 Å². The minimum absolute atomic E-state index is 0.142. The molecule has 1 aromatic rings. The van der Waals surface area contributed by atoms with Gasteiger partial charge in [0.1, 0.15) is 5.52 Å². The second kappa shape index (κ2) is 5.46. The molecule has 0 spiro atoms. The lowest BCUT2D eigenvalue weighted by molar-refractivity contribution is 0.350. The number of methoxy groups -OCH3 is 2. The SMILES string of the molecule is COc1c2nc3cc(N(C)C)ccc3oc-2c(C)c(=O)c1OC. The van der Waals surface area contributed by atoms with Gasteiger partial charge in [-0.3, -0.25) is 4.79 Å². The van der Waals surface area contributed by atoms with Crippen molar-refractivity contribution in [1.82, 2.24) is 4.98 Å². The fourth-order valence-electron chi connectivity index (χ4n) is 2.55. The molecule has 0 saturated heterocycles. The van der Waals surface area contributed by atoms with Crippen LogP contribution in [0.25, 0.3) is 22.6 Å². The Balaban J connectivity index is 2.44. The van der Waals surface area contributed by atoms with Crippen LogP contribution in [0.3, 0.4) is 0 Å². The zero-order chi connectivity index (χ0) is 16.7. The van der Waals surface area contributed by atoms with Crippen LogP contribution in [-0.4, -0.2) is 33.3 Å². The predicted octanol–water partition coefficient (Wildman–Crippen LogP) is 2.68. The lowest BCUT2D eigenvalue weighted by Crippen LogP contribution is -2.14. The van der Waals surface area contributed by atoms with E-state index in [1.54, 1.807) is 6.92 Å². The molecule has 0 radical (unpaired) electrons. The third-order valence-electron chi connectivity index (χ3n) is 3.84. The smallest absolute Gasteiger partial charge is 0.231 e. The van der Waals surface area contributed by atoms with Crippen molar-refractivity contribution in [2.45, 2.75) is 6.92 Å². The van der Waals surface area contributed by atoms with Gasteiger partial charge in [-0.2, -0.15) is 0 Å². The first-order valence-corrected chi connectivity index (χ1v) is 7.14. The van der Waals surface area contributed by atoms with Crippen molar-refractivity contribution >= 4 is 16.8 Å². The van der Waals surface area contributed by atoms with Crippen LogP contribution in [-0.2, 0) is 0 Å². The van der Waals surface area contributed by atoms with E-state index in [0.29, 0.717) is 33.9 Å². The molecule has 1 aromatic carbocycles. The van der Waals surface area contributed by atoms with Gasteiger partial charge in [0.15, 0.2) is 22.8 Å². The van der Waals surface area contributed by atoms with Gasteiger partial charge < -0.3 is 18.8 Å². The molecule has 0 atom stereocenters. The summed E-state index contributed by atoms with van der Waals surface area (Å²) in [6.07, 6.45) is 0. The van der Waals surface area contributed by atoms with Crippen LogP contribution in [0.2, 0.25) is 0 Å². The summed E-state index contributed by atoms with van der Waals surface area (Å²) in [6, 6.07) is 5.70. The van der Waals surface area contributed by atoms with Gasteiger partial charge in [-0.05, 0) is 25.1 Å². The molecule has 120 valence electrons. The van der Waals surface area contributed by atoms with E-state index >= 15 is 0 Å². The maximum absolute atomic E-state index is 12.4. The van der Waals surface area contributed by atoms with Crippen LogP contribution >= 0.6 is 0 Å². The first-order chi connectivity index (χ1) is 11.0. The molecule has 0 aromatic heterocycles. The molecule has 23 heavy (non-hydrogen) atoms. The third-order valence-corrected chi connectivity index (χ3v) is 3.84. The Labute approximate surface area is 133 Å². The Hall–Kier alpha value is -2.76. The monoisotopic (exact) mass is 314 g/mol. The minimum atomic E-state index is -0.258. The number of fused-ring (bicyclic) bond motifs is 2. The molecule has 6 heteroatoms. The van der Waals surface area contributed by atoms with Crippen molar-refractivity contribution in [2.24, 2.45) is 0 Å². The molecule has 2 aliphatic rings. The Morgan fingerprint density at radius 2 is 1.83 bits per heavy atom. The highest BCUT2D eigenvalue weighted by atomic mass is 16.5. The van der Waals surface area contributed by atoms with Crippen molar-refractivity contribution in [3.8, 4) is 23.0 Å². The topological polar surface area (TPSA) is 64.8 Å².